The van der Waals surface area contributed by atoms with Crippen LogP contribution in [0.4, 0.5) is 5.13 Å². The molecule has 0 spiro atoms. The number of rotatable bonds is 4. The zero-order valence-electron chi connectivity index (χ0n) is 11.5. The summed E-state index contributed by atoms with van der Waals surface area (Å²) in [4.78, 5) is 16.1. The van der Waals surface area contributed by atoms with Crippen LogP contribution in [0.3, 0.4) is 0 Å². The molecule has 0 aromatic carbocycles. The van der Waals surface area contributed by atoms with Crippen LogP contribution in [0.5, 0.6) is 0 Å². The molecule has 0 unspecified atom stereocenters. The molecule has 1 amide bonds. The highest BCUT2D eigenvalue weighted by Gasteiger charge is 2.20. The average Bonchev–Trinajstić information content (AvgIpc) is 2.64. The molecule has 1 aliphatic carbocycles. The molecule has 1 aromatic rings. The van der Waals surface area contributed by atoms with Crippen LogP contribution < -0.4 is 11.1 Å². The van der Waals surface area contributed by atoms with Crippen LogP contribution in [-0.2, 0) is 11.2 Å². The molecule has 2 rings (SSSR count). The van der Waals surface area contributed by atoms with Crippen molar-refractivity contribution >= 4 is 22.4 Å². The molecular weight excluding hydrogens is 258 g/mol. The number of hydrogen-bond acceptors (Lipinski definition) is 4. The van der Waals surface area contributed by atoms with E-state index in [0.717, 1.165) is 5.69 Å². The van der Waals surface area contributed by atoms with Crippen LogP contribution in [0.2, 0.25) is 0 Å². The fraction of sp³-hybridized carbons (Fsp3) is 0.714. The Morgan fingerprint density at radius 1 is 1.47 bits per heavy atom. The predicted octanol–water partition coefficient (Wildman–Crippen LogP) is 2.74. The first kappa shape index (κ1) is 14.3. The molecule has 19 heavy (non-hydrogen) atoms. The van der Waals surface area contributed by atoms with Crippen LogP contribution in [0.15, 0.2) is 5.38 Å². The van der Waals surface area contributed by atoms with E-state index in [9.17, 15) is 4.79 Å². The fourth-order valence-corrected chi connectivity index (χ4v) is 3.36. The summed E-state index contributed by atoms with van der Waals surface area (Å²) in [6.45, 7) is 2.13. The average molecular weight is 281 g/mol. The van der Waals surface area contributed by atoms with Crippen LogP contribution >= 0.6 is 11.3 Å². The summed E-state index contributed by atoms with van der Waals surface area (Å²) in [5.74, 6) is 0.689. The summed E-state index contributed by atoms with van der Waals surface area (Å²) < 4.78 is 0. The molecule has 0 aliphatic heterocycles. The van der Waals surface area contributed by atoms with E-state index in [2.05, 4.69) is 17.2 Å². The van der Waals surface area contributed by atoms with Gasteiger partial charge in [0.25, 0.3) is 0 Å². The van der Waals surface area contributed by atoms with E-state index in [1.807, 2.05) is 5.38 Å². The second-order valence-electron chi connectivity index (χ2n) is 5.46. The van der Waals surface area contributed by atoms with Crippen LogP contribution in [0.1, 0.15) is 51.1 Å². The number of anilines is 1. The molecule has 0 saturated heterocycles. The molecular formula is C14H23N3OS. The minimum Gasteiger partial charge on any atom is -0.375 e. The van der Waals surface area contributed by atoms with Crippen molar-refractivity contribution in [2.75, 3.05) is 5.73 Å². The summed E-state index contributed by atoms with van der Waals surface area (Å²) in [7, 11) is 0. The Morgan fingerprint density at radius 3 is 2.74 bits per heavy atom. The first-order valence-corrected chi connectivity index (χ1v) is 8.02. The SMILES string of the molecule is C[C@H](NC(=O)Cc1csc(N)n1)C1CCCCCC1. The van der Waals surface area contributed by atoms with Crippen molar-refractivity contribution in [2.45, 2.75) is 57.9 Å². The Morgan fingerprint density at radius 2 is 2.16 bits per heavy atom. The van der Waals surface area contributed by atoms with Crippen molar-refractivity contribution in [3.63, 3.8) is 0 Å². The van der Waals surface area contributed by atoms with Gasteiger partial charge in [-0.05, 0) is 25.7 Å². The first-order valence-electron chi connectivity index (χ1n) is 7.14. The maximum absolute atomic E-state index is 12.0. The number of hydrogen-bond donors (Lipinski definition) is 2. The third kappa shape index (κ3) is 4.49. The number of nitrogens with zero attached hydrogens (tertiary/aromatic N) is 1. The van der Waals surface area contributed by atoms with E-state index >= 15 is 0 Å². The highest BCUT2D eigenvalue weighted by Crippen LogP contribution is 2.25. The van der Waals surface area contributed by atoms with Gasteiger partial charge in [0.05, 0.1) is 12.1 Å². The largest absolute Gasteiger partial charge is 0.375 e. The molecule has 1 aromatic heterocycles. The lowest BCUT2D eigenvalue weighted by atomic mass is 9.93. The molecule has 106 valence electrons. The van der Waals surface area contributed by atoms with Gasteiger partial charge < -0.3 is 11.1 Å². The van der Waals surface area contributed by atoms with Gasteiger partial charge in [-0.25, -0.2) is 4.98 Å². The molecule has 3 N–H and O–H groups in total. The van der Waals surface area contributed by atoms with Gasteiger partial charge in [0, 0.05) is 11.4 Å². The Kier molecular flexibility index (Phi) is 5.19. The maximum atomic E-state index is 12.0. The highest BCUT2D eigenvalue weighted by atomic mass is 32.1. The second-order valence-corrected chi connectivity index (χ2v) is 6.35. The number of nitrogens with two attached hydrogens (primary N) is 1. The molecule has 1 atom stereocenters. The van der Waals surface area contributed by atoms with Gasteiger partial charge in [0.2, 0.25) is 5.91 Å². The second kappa shape index (κ2) is 6.89. The highest BCUT2D eigenvalue weighted by molar-refractivity contribution is 7.13. The molecule has 0 bridgehead atoms. The number of carbonyl (C=O) groups excluding carboxylic acids is 1. The van der Waals surface area contributed by atoms with Crippen molar-refractivity contribution in [3.05, 3.63) is 11.1 Å². The zero-order chi connectivity index (χ0) is 13.7. The number of nitrogens with one attached hydrogen (secondary N) is 1. The number of carbonyl (C=O) groups is 1. The van der Waals surface area contributed by atoms with Crippen LogP contribution in [0, 0.1) is 5.92 Å². The van der Waals surface area contributed by atoms with Crippen LogP contribution in [0.25, 0.3) is 0 Å². The third-order valence-corrected chi connectivity index (χ3v) is 4.63. The van der Waals surface area contributed by atoms with Gasteiger partial charge in [-0.2, -0.15) is 0 Å². The predicted molar refractivity (Wildman–Crippen MR) is 79.0 cm³/mol. The smallest absolute Gasteiger partial charge is 0.226 e. The Labute approximate surface area is 118 Å². The van der Waals surface area contributed by atoms with Gasteiger partial charge in [0.1, 0.15) is 0 Å². The lowest BCUT2D eigenvalue weighted by Gasteiger charge is -2.23. The Balaban J connectivity index is 1.80. The number of thiazole rings is 1. The summed E-state index contributed by atoms with van der Waals surface area (Å²) in [6.07, 6.45) is 8.10. The first-order chi connectivity index (χ1) is 9.15. The topological polar surface area (TPSA) is 68.0 Å². The van der Waals surface area contributed by atoms with Gasteiger partial charge in [0.15, 0.2) is 5.13 Å². The summed E-state index contributed by atoms with van der Waals surface area (Å²) >= 11 is 1.38. The van der Waals surface area contributed by atoms with Gasteiger partial charge in [-0.15, -0.1) is 11.3 Å². The molecule has 1 aliphatic rings. The van der Waals surface area contributed by atoms with E-state index < -0.39 is 0 Å². The molecule has 0 radical (unpaired) electrons. The van der Waals surface area contributed by atoms with Crippen molar-refractivity contribution < 1.29 is 4.79 Å². The minimum atomic E-state index is 0.0575. The van der Waals surface area contributed by atoms with Crippen molar-refractivity contribution in [1.82, 2.24) is 10.3 Å². The normalized spacial score (nSPS) is 18.8. The number of amides is 1. The van der Waals surface area contributed by atoms with E-state index in [-0.39, 0.29) is 11.9 Å². The lowest BCUT2D eigenvalue weighted by Crippen LogP contribution is -2.38. The van der Waals surface area contributed by atoms with E-state index in [1.54, 1.807) is 0 Å². The van der Waals surface area contributed by atoms with Gasteiger partial charge in [-0.3, -0.25) is 4.79 Å². The summed E-state index contributed by atoms with van der Waals surface area (Å²) in [5, 5.41) is 5.50. The molecule has 5 heteroatoms. The van der Waals surface area contributed by atoms with Gasteiger partial charge in [-0.1, -0.05) is 25.7 Å². The number of nitrogen functional groups attached to an aromatic ring is 1. The standard InChI is InChI=1S/C14H23N3OS/c1-10(11-6-4-2-3-5-7-11)16-13(18)8-12-9-19-14(15)17-12/h9-11H,2-8H2,1H3,(H2,15,17)(H,16,18)/t10-/m0/s1. The van der Waals surface area contributed by atoms with Crippen LogP contribution in [-0.4, -0.2) is 16.9 Å². The third-order valence-electron chi connectivity index (χ3n) is 3.91. The molecule has 1 saturated carbocycles. The van der Waals surface area contributed by atoms with E-state index in [4.69, 9.17) is 5.73 Å². The summed E-state index contributed by atoms with van der Waals surface area (Å²) in [5.41, 5.74) is 6.34. The minimum absolute atomic E-state index is 0.0575. The van der Waals surface area contributed by atoms with Crippen molar-refractivity contribution in [3.8, 4) is 0 Å². The molecule has 1 heterocycles. The zero-order valence-corrected chi connectivity index (χ0v) is 12.3. The van der Waals surface area contributed by atoms with E-state index in [0.29, 0.717) is 17.5 Å². The monoisotopic (exact) mass is 281 g/mol. The van der Waals surface area contributed by atoms with Gasteiger partial charge >= 0.3 is 0 Å². The van der Waals surface area contributed by atoms with E-state index in [1.165, 1.54) is 49.9 Å². The van der Waals surface area contributed by atoms with Crippen molar-refractivity contribution in [1.29, 1.82) is 0 Å². The maximum Gasteiger partial charge on any atom is 0.226 e. The lowest BCUT2D eigenvalue weighted by molar-refractivity contribution is -0.121. The Hall–Kier alpha value is -1.10. The molecule has 1 fully saturated rings. The molecule has 4 nitrogen and oxygen atoms in total. The van der Waals surface area contributed by atoms with Crippen molar-refractivity contribution in [2.24, 2.45) is 5.92 Å². The summed E-state index contributed by atoms with van der Waals surface area (Å²) in [6, 6.07) is 0.265. The Bertz CT molecular complexity index is 411. The number of aromatic nitrogens is 1. The quantitative estimate of drug-likeness (QED) is 0.834. The fourth-order valence-electron chi connectivity index (χ4n) is 2.80.